The van der Waals surface area contributed by atoms with Crippen LogP contribution < -0.4 is 0 Å². The van der Waals surface area contributed by atoms with E-state index in [1.165, 1.54) is 12.0 Å². The normalized spacial score (nSPS) is 22.0. The van der Waals surface area contributed by atoms with Crippen molar-refractivity contribution in [2.75, 3.05) is 0 Å². The Bertz CT molecular complexity index is 272. The molecule has 2 rings (SSSR count). The van der Waals surface area contributed by atoms with Crippen molar-refractivity contribution in [3.8, 4) is 0 Å². The van der Waals surface area contributed by atoms with Crippen LogP contribution in [0.15, 0.2) is 30.3 Å². The Morgan fingerprint density at radius 1 is 1.23 bits per heavy atom. The van der Waals surface area contributed by atoms with E-state index in [-0.39, 0.29) is 11.5 Å². The van der Waals surface area contributed by atoms with E-state index in [1.54, 1.807) is 0 Å². The van der Waals surface area contributed by atoms with Gasteiger partial charge in [-0.05, 0) is 25.3 Å². The first-order valence-corrected chi connectivity index (χ1v) is 4.99. The molecule has 0 saturated heterocycles. The van der Waals surface area contributed by atoms with Crippen molar-refractivity contribution in [1.29, 1.82) is 0 Å². The molecule has 1 aromatic rings. The van der Waals surface area contributed by atoms with E-state index < -0.39 is 0 Å². The fourth-order valence-electron chi connectivity index (χ4n) is 2.28. The number of hydrogen-bond acceptors (Lipinski definition) is 1. The average Bonchev–Trinajstić information content (AvgIpc) is 2.03. The number of aliphatic hydroxyl groups excluding tert-OH is 1. The molecule has 1 saturated carbocycles. The summed E-state index contributed by atoms with van der Waals surface area (Å²) in [6.07, 6.45) is 3.30. The summed E-state index contributed by atoms with van der Waals surface area (Å²) in [6.45, 7) is 1.91. The van der Waals surface area contributed by atoms with Crippen molar-refractivity contribution in [3.05, 3.63) is 35.9 Å². The molecule has 0 aromatic heterocycles. The standard InChI is InChI=1S/C12H16O/c1-10(13)12(8-5-9-12)11-6-3-2-4-7-11/h2-4,6-7,10,13H,5,8-9H2,1H3/t10-/m1/s1. The molecule has 1 fully saturated rings. The molecule has 0 heterocycles. The van der Waals surface area contributed by atoms with Crippen LogP contribution in [0.5, 0.6) is 0 Å². The molecule has 1 aliphatic carbocycles. The van der Waals surface area contributed by atoms with Gasteiger partial charge in [-0.25, -0.2) is 0 Å². The minimum Gasteiger partial charge on any atom is -0.392 e. The molecule has 1 N–H and O–H groups in total. The highest BCUT2D eigenvalue weighted by Gasteiger charge is 2.42. The van der Waals surface area contributed by atoms with Gasteiger partial charge in [-0.3, -0.25) is 0 Å². The van der Waals surface area contributed by atoms with Gasteiger partial charge in [-0.2, -0.15) is 0 Å². The average molecular weight is 176 g/mol. The Labute approximate surface area is 79.4 Å². The molecule has 0 bridgehead atoms. The van der Waals surface area contributed by atoms with Crippen LogP contribution in [0.2, 0.25) is 0 Å². The van der Waals surface area contributed by atoms with Gasteiger partial charge in [0, 0.05) is 5.41 Å². The lowest BCUT2D eigenvalue weighted by Gasteiger charge is -2.45. The summed E-state index contributed by atoms with van der Waals surface area (Å²) in [5.41, 5.74) is 1.37. The zero-order chi connectivity index (χ0) is 9.31. The molecule has 1 heteroatoms. The number of rotatable bonds is 2. The molecular weight excluding hydrogens is 160 g/mol. The Morgan fingerprint density at radius 3 is 2.23 bits per heavy atom. The molecule has 70 valence electrons. The second kappa shape index (κ2) is 3.15. The van der Waals surface area contributed by atoms with Gasteiger partial charge in [-0.15, -0.1) is 0 Å². The SMILES string of the molecule is C[C@@H](O)C1(c2ccccc2)CCC1. The maximum Gasteiger partial charge on any atom is 0.0608 e. The van der Waals surface area contributed by atoms with E-state index in [1.807, 2.05) is 13.0 Å². The van der Waals surface area contributed by atoms with Gasteiger partial charge >= 0.3 is 0 Å². The molecule has 1 atom stereocenters. The van der Waals surface area contributed by atoms with Crippen LogP contribution in [0.3, 0.4) is 0 Å². The lowest BCUT2D eigenvalue weighted by molar-refractivity contribution is 0.0420. The molecule has 13 heavy (non-hydrogen) atoms. The zero-order valence-electron chi connectivity index (χ0n) is 8.03. The van der Waals surface area contributed by atoms with Gasteiger partial charge in [0.15, 0.2) is 0 Å². The lowest BCUT2D eigenvalue weighted by atomic mass is 9.61. The Morgan fingerprint density at radius 2 is 1.85 bits per heavy atom. The van der Waals surface area contributed by atoms with Crippen LogP contribution in [0.25, 0.3) is 0 Å². The highest BCUT2D eigenvalue weighted by Crippen LogP contribution is 2.46. The fourth-order valence-corrected chi connectivity index (χ4v) is 2.28. The first-order chi connectivity index (χ1) is 6.26. The number of hydrogen-bond donors (Lipinski definition) is 1. The Kier molecular flexibility index (Phi) is 2.12. The summed E-state index contributed by atoms with van der Waals surface area (Å²) >= 11 is 0. The van der Waals surface area contributed by atoms with Crippen molar-refractivity contribution in [1.82, 2.24) is 0 Å². The molecule has 1 aliphatic rings. The van der Waals surface area contributed by atoms with Crippen molar-refractivity contribution in [2.24, 2.45) is 0 Å². The molecule has 0 radical (unpaired) electrons. The minimum absolute atomic E-state index is 0.0707. The van der Waals surface area contributed by atoms with Gasteiger partial charge < -0.3 is 5.11 Å². The molecule has 0 spiro atoms. The number of aliphatic hydroxyl groups is 1. The third kappa shape index (κ3) is 1.28. The van der Waals surface area contributed by atoms with E-state index in [4.69, 9.17) is 0 Å². The van der Waals surface area contributed by atoms with Crippen LogP contribution >= 0.6 is 0 Å². The third-order valence-corrected chi connectivity index (χ3v) is 3.39. The minimum atomic E-state index is -0.219. The third-order valence-electron chi connectivity index (χ3n) is 3.39. The van der Waals surface area contributed by atoms with Crippen molar-refractivity contribution in [3.63, 3.8) is 0 Å². The predicted octanol–water partition coefficient (Wildman–Crippen LogP) is 2.49. The maximum absolute atomic E-state index is 9.78. The highest BCUT2D eigenvalue weighted by molar-refractivity contribution is 5.29. The largest absolute Gasteiger partial charge is 0.392 e. The van der Waals surface area contributed by atoms with E-state index >= 15 is 0 Å². The van der Waals surface area contributed by atoms with E-state index in [9.17, 15) is 5.11 Å². The van der Waals surface area contributed by atoms with Gasteiger partial charge in [-0.1, -0.05) is 36.8 Å². The van der Waals surface area contributed by atoms with E-state index in [2.05, 4.69) is 24.3 Å². The second-order valence-corrected chi connectivity index (χ2v) is 4.05. The van der Waals surface area contributed by atoms with Gasteiger partial charge in [0.1, 0.15) is 0 Å². The van der Waals surface area contributed by atoms with Gasteiger partial charge in [0.2, 0.25) is 0 Å². The van der Waals surface area contributed by atoms with E-state index in [0.29, 0.717) is 0 Å². The maximum atomic E-state index is 9.78. The first kappa shape index (κ1) is 8.76. The number of benzene rings is 1. The summed E-state index contributed by atoms with van der Waals surface area (Å²) in [5, 5.41) is 9.78. The summed E-state index contributed by atoms with van der Waals surface area (Å²) in [4.78, 5) is 0. The lowest BCUT2D eigenvalue weighted by Crippen LogP contribution is -2.43. The van der Waals surface area contributed by atoms with Crippen molar-refractivity contribution >= 4 is 0 Å². The molecule has 1 aromatic carbocycles. The van der Waals surface area contributed by atoms with Crippen LogP contribution in [0, 0.1) is 0 Å². The second-order valence-electron chi connectivity index (χ2n) is 4.05. The van der Waals surface area contributed by atoms with Crippen LogP contribution in [0.4, 0.5) is 0 Å². The Balaban J connectivity index is 2.32. The molecule has 1 nitrogen and oxygen atoms in total. The smallest absolute Gasteiger partial charge is 0.0608 e. The van der Waals surface area contributed by atoms with Crippen molar-refractivity contribution < 1.29 is 5.11 Å². The van der Waals surface area contributed by atoms with Gasteiger partial charge in [0.05, 0.1) is 6.10 Å². The van der Waals surface area contributed by atoms with Crippen LogP contribution in [0.1, 0.15) is 31.7 Å². The zero-order valence-corrected chi connectivity index (χ0v) is 8.03. The van der Waals surface area contributed by atoms with Crippen LogP contribution in [-0.2, 0) is 5.41 Å². The highest BCUT2D eigenvalue weighted by atomic mass is 16.3. The summed E-state index contributed by atoms with van der Waals surface area (Å²) in [5.74, 6) is 0. The Hall–Kier alpha value is -0.820. The molecular formula is C12H16O. The summed E-state index contributed by atoms with van der Waals surface area (Å²) in [7, 11) is 0. The molecule has 0 unspecified atom stereocenters. The van der Waals surface area contributed by atoms with Gasteiger partial charge in [0.25, 0.3) is 0 Å². The quantitative estimate of drug-likeness (QED) is 0.734. The monoisotopic (exact) mass is 176 g/mol. The topological polar surface area (TPSA) is 20.2 Å². The fraction of sp³-hybridized carbons (Fsp3) is 0.500. The van der Waals surface area contributed by atoms with E-state index in [0.717, 1.165) is 12.8 Å². The first-order valence-electron chi connectivity index (χ1n) is 4.99. The molecule has 0 amide bonds. The summed E-state index contributed by atoms with van der Waals surface area (Å²) < 4.78 is 0. The molecule has 0 aliphatic heterocycles. The van der Waals surface area contributed by atoms with Crippen LogP contribution in [-0.4, -0.2) is 11.2 Å². The predicted molar refractivity (Wildman–Crippen MR) is 53.7 cm³/mol. The van der Waals surface area contributed by atoms with Crippen molar-refractivity contribution in [2.45, 2.75) is 37.7 Å². The summed E-state index contributed by atoms with van der Waals surface area (Å²) in [6, 6.07) is 10.4.